The van der Waals surface area contributed by atoms with Gasteiger partial charge in [0.25, 0.3) is 20.0 Å². The summed E-state index contributed by atoms with van der Waals surface area (Å²) in [6, 6.07) is 0.507. The largest absolute Gasteiger partial charge is 0.316 e. The molecule has 14 heteroatoms. The highest BCUT2D eigenvalue weighted by molar-refractivity contribution is 7.91. The van der Waals surface area contributed by atoms with E-state index in [2.05, 4.69) is 30.1 Å². The van der Waals surface area contributed by atoms with Gasteiger partial charge >= 0.3 is 0 Å². The Hall–Kier alpha value is -2.16. The molecule has 4 aliphatic rings. The lowest BCUT2D eigenvalue weighted by atomic mass is 9.94. The first-order valence-electron chi connectivity index (χ1n) is 12.4. The standard InChI is InChI=1S/C12H17N3O2S2.C11H15N3O2S2/c1-7-8(2)18-11-10(7)19(16,17)15-12(14-11)13-9-5-3-4-6-9;1-6-7(2)17-10-9(6)18(15,16)14-11(13-10)12-8-4-3-5-8/h9H,3-6H2,1-2H3,(H2,13,14,15);8H,3-5H2,1-2H3,(H2,12,13,14). The number of rotatable bonds is 2. The van der Waals surface area contributed by atoms with Crippen molar-refractivity contribution in [2.24, 2.45) is 9.98 Å². The zero-order valence-corrected chi connectivity index (χ0v) is 24.5. The number of anilines is 2. The number of hydrogen-bond donors (Lipinski definition) is 4. The molecule has 0 unspecified atom stereocenters. The molecule has 10 nitrogen and oxygen atoms in total. The van der Waals surface area contributed by atoms with Crippen molar-refractivity contribution >= 4 is 64.6 Å². The summed E-state index contributed by atoms with van der Waals surface area (Å²) in [6.45, 7) is 7.53. The molecule has 6 rings (SSSR count). The average molecular weight is 585 g/mol. The molecule has 0 spiro atoms. The van der Waals surface area contributed by atoms with Gasteiger partial charge < -0.3 is 10.6 Å². The van der Waals surface area contributed by atoms with Gasteiger partial charge in [-0.25, -0.2) is 36.3 Å². The third-order valence-electron chi connectivity index (χ3n) is 7.15. The first-order valence-corrected chi connectivity index (χ1v) is 17.0. The van der Waals surface area contributed by atoms with E-state index in [0.717, 1.165) is 46.6 Å². The minimum Gasteiger partial charge on any atom is -0.316 e. The van der Waals surface area contributed by atoms with E-state index in [1.165, 1.54) is 41.9 Å². The zero-order valence-electron chi connectivity index (χ0n) is 21.3. The van der Waals surface area contributed by atoms with Crippen LogP contribution >= 0.6 is 22.7 Å². The number of thiophene rings is 2. The number of fused-ring (bicyclic) bond motifs is 2. The molecule has 4 heterocycles. The Balaban J connectivity index is 0.000000152. The fourth-order valence-corrected chi connectivity index (χ4v) is 10.2. The zero-order chi connectivity index (χ0) is 26.5. The van der Waals surface area contributed by atoms with Gasteiger partial charge in [-0.1, -0.05) is 12.8 Å². The molecule has 2 fully saturated rings. The molecular weight excluding hydrogens is 553 g/mol. The summed E-state index contributed by atoms with van der Waals surface area (Å²) in [4.78, 5) is 11.7. The lowest BCUT2D eigenvalue weighted by Gasteiger charge is -2.25. The van der Waals surface area contributed by atoms with E-state index >= 15 is 0 Å². The summed E-state index contributed by atoms with van der Waals surface area (Å²) in [5.41, 5.74) is 1.64. The van der Waals surface area contributed by atoms with Crippen LogP contribution in [0.15, 0.2) is 19.8 Å². The van der Waals surface area contributed by atoms with Crippen molar-refractivity contribution in [3.8, 4) is 0 Å². The van der Waals surface area contributed by atoms with E-state index < -0.39 is 20.0 Å². The van der Waals surface area contributed by atoms with Crippen molar-refractivity contribution in [3.05, 3.63) is 20.9 Å². The maximum atomic E-state index is 12.3. The Morgan fingerprint density at radius 3 is 1.38 bits per heavy atom. The summed E-state index contributed by atoms with van der Waals surface area (Å²) in [5, 5.41) is 7.58. The molecule has 202 valence electrons. The third kappa shape index (κ3) is 5.25. The van der Waals surface area contributed by atoms with Gasteiger partial charge in [0, 0.05) is 9.75 Å². The fourth-order valence-electron chi connectivity index (χ4n) is 4.68. The highest BCUT2D eigenvalue weighted by Gasteiger charge is 2.33. The average Bonchev–Trinajstić information content (AvgIpc) is 3.44. The molecule has 0 bridgehead atoms. The Morgan fingerprint density at radius 1 is 0.649 bits per heavy atom. The SMILES string of the molecule is Cc1sc2c(c1C)S(=O)(=O)NC(=NC1CCC1)N2.Cc1sc2c(c1C)S(=O)(=O)NC(=NC1CCCC1)N2. The van der Waals surface area contributed by atoms with Crippen molar-refractivity contribution in [1.82, 2.24) is 9.44 Å². The smallest absolute Gasteiger partial charge is 0.267 e. The van der Waals surface area contributed by atoms with Crippen LogP contribution in [0.1, 0.15) is 65.8 Å². The number of guanidine groups is 2. The Bertz CT molecular complexity index is 1490. The highest BCUT2D eigenvalue weighted by Crippen LogP contribution is 2.39. The molecule has 4 N–H and O–H groups in total. The number of hydrogen-bond acceptors (Lipinski definition) is 8. The Kier molecular flexibility index (Phi) is 7.05. The van der Waals surface area contributed by atoms with Crippen molar-refractivity contribution < 1.29 is 16.8 Å². The maximum Gasteiger partial charge on any atom is 0.267 e. The summed E-state index contributed by atoms with van der Waals surface area (Å²) < 4.78 is 54.0. The Morgan fingerprint density at radius 2 is 1.03 bits per heavy atom. The highest BCUT2D eigenvalue weighted by atomic mass is 32.2. The number of aliphatic imine (C=N–C) groups is 2. The topological polar surface area (TPSA) is 141 Å². The van der Waals surface area contributed by atoms with Gasteiger partial charge in [-0.05, 0) is 70.9 Å². The van der Waals surface area contributed by atoms with Crippen molar-refractivity contribution in [2.75, 3.05) is 10.6 Å². The van der Waals surface area contributed by atoms with Crippen LogP contribution in [0.4, 0.5) is 10.0 Å². The molecule has 37 heavy (non-hydrogen) atoms. The van der Waals surface area contributed by atoms with Crippen LogP contribution < -0.4 is 20.1 Å². The van der Waals surface area contributed by atoms with Crippen molar-refractivity contribution in [2.45, 2.75) is 94.5 Å². The molecule has 2 saturated carbocycles. The summed E-state index contributed by atoms with van der Waals surface area (Å²) in [5.74, 6) is 0.745. The lowest BCUT2D eigenvalue weighted by Crippen LogP contribution is -2.41. The monoisotopic (exact) mass is 584 g/mol. The molecule has 0 atom stereocenters. The summed E-state index contributed by atoms with van der Waals surface area (Å²) >= 11 is 2.93. The molecule has 2 aromatic heterocycles. The van der Waals surface area contributed by atoms with E-state index in [0.29, 0.717) is 31.7 Å². The second-order valence-electron chi connectivity index (χ2n) is 9.82. The van der Waals surface area contributed by atoms with Gasteiger partial charge in [0.15, 0.2) is 0 Å². The summed E-state index contributed by atoms with van der Waals surface area (Å²) in [6.07, 6.45) is 7.71. The van der Waals surface area contributed by atoms with E-state index in [9.17, 15) is 16.8 Å². The van der Waals surface area contributed by atoms with Crippen LogP contribution in [0, 0.1) is 27.7 Å². The van der Waals surface area contributed by atoms with E-state index in [4.69, 9.17) is 0 Å². The van der Waals surface area contributed by atoms with Gasteiger partial charge in [-0.2, -0.15) is 0 Å². The molecule has 0 radical (unpaired) electrons. The van der Waals surface area contributed by atoms with Gasteiger partial charge in [0.2, 0.25) is 11.9 Å². The maximum absolute atomic E-state index is 12.3. The van der Waals surface area contributed by atoms with Crippen LogP contribution in [0.5, 0.6) is 0 Å². The Labute approximate surface area is 226 Å². The van der Waals surface area contributed by atoms with Crippen LogP contribution in [0.25, 0.3) is 0 Å². The predicted octanol–water partition coefficient (Wildman–Crippen LogP) is 4.34. The third-order valence-corrected chi connectivity index (χ3v) is 12.7. The van der Waals surface area contributed by atoms with Crippen LogP contribution in [0.3, 0.4) is 0 Å². The minimum atomic E-state index is -3.48. The van der Waals surface area contributed by atoms with Gasteiger partial charge in [-0.15, -0.1) is 22.7 Å². The van der Waals surface area contributed by atoms with E-state index in [-0.39, 0.29) is 12.1 Å². The van der Waals surface area contributed by atoms with Gasteiger partial charge in [0.05, 0.1) is 12.1 Å². The summed E-state index contributed by atoms with van der Waals surface area (Å²) in [7, 11) is -6.94. The van der Waals surface area contributed by atoms with Crippen molar-refractivity contribution in [3.63, 3.8) is 0 Å². The number of nitrogens with zero attached hydrogens (tertiary/aromatic N) is 2. The fraction of sp³-hybridized carbons (Fsp3) is 0.565. The second kappa shape index (κ2) is 9.86. The first-order chi connectivity index (χ1) is 17.4. The minimum absolute atomic E-state index is 0.244. The number of nitrogens with one attached hydrogen (secondary N) is 4. The quantitative estimate of drug-likeness (QED) is 0.414. The molecule has 2 aliphatic heterocycles. The first kappa shape index (κ1) is 26.4. The second-order valence-corrected chi connectivity index (χ2v) is 15.5. The molecule has 2 aliphatic carbocycles. The van der Waals surface area contributed by atoms with Gasteiger partial charge in [-0.3, -0.25) is 0 Å². The van der Waals surface area contributed by atoms with Crippen molar-refractivity contribution in [1.29, 1.82) is 0 Å². The molecular formula is C23H32N6O4S4. The predicted molar refractivity (Wildman–Crippen MR) is 150 cm³/mol. The lowest BCUT2D eigenvalue weighted by molar-refractivity contribution is 0.419. The normalized spacial score (nSPS) is 24.0. The van der Waals surface area contributed by atoms with Crippen LogP contribution in [-0.4, -0.2) is 40.8 Å². The van der Waals surface area contributed by atoms with Gasteiger partial charge in [0.1, 0.15) is 19.8 Å². The number of sulfonamides is 2. The van der Waals surface area contributed by atoms with Crippen LogP contribution in [-0.2, 0) is 20.0 Å². The van der Waals surface area contributed by atoms with Crippen LogP contribution in [0.2, 0.25) is 0 Å². The van der Waals surface area contributed by atoms with E-state index in [1.807, 2.05) is 27.7 Å². The number of aryl methyl sites for hydroxylation is 2. The molecule has 0 aromatic carbocycles. The molecule has 2 aromatic rings. The molecule has 0 saturated heterocycles. The molecule has 0 amide bonds. The van der Waals surface area contributed by atoms with E-state index in [1.54, 1.807) is 0 Å².